The van der Waals surface area contributed by atoms with E-state index in [0.717, 1.165) is 25.7 Å². The fourth-order valence-electron chi connectivity index (χ4n) is 3.47. The van der Waals surface area contributed by atoms with E-state index in [1.165, 1.54) is 0 Å². The first-order valence-corrected chi connectivity index (χ1v) is 8.25. The maximum Gasteiger partial charge on any atom is 0.225 e. The van der Waals surface area contributed by atoms with Gasteiger partial charge in [0.15, 0.2) is 5.78 Å². The molecule has 4 nitrogen and oxygen atoms in total. The molecule has 0 radical (unpaired) electrons. The number of likely N-dealkylation sites (tertiary alicyclic amines) is 1. The van der Waals surface area contributed by atoms with Crippen LogP contribution in [0.15, 0.2) is 18.2 Å². The van der Waals surface area contributed by atoms with E-state index < -0.39 is 5.60 Å². The summed E-state index contributed by atoms with van der Waals surface area (Å²) in [5.74, 6) is 1.25. The molecule has 3 aliphatic rings. The number of fused-ring (bicyclic) bond motifs is 1. The second-order valence-corrected chi connectivity index (χ2v) is 7.06. The molecule has 1 aliphatic carbocycles. The Bertz CT molecular complexity index is 645. The van der Waals surface area contributed by atoms with E-state index in [2.05, 4.69) is 0 Å². The number of hydrogen-bond donors (Lipinski definition) is 0. The molecule has 0 unspecified atom stereocenters. The number of ketones is 1. The van der Waals surface area contributed by atoms with Gasteiger partial charge in [-0.05, 0) is 31.0 Å². The van der Waals surface area contributed by atoms with Gasteiger partial charge in [-0.2, -0.15) is 0 Å². The molecule has 116 valence electrons. The number of ether oxygens (including phenoxy) is 1. The van der Waals surface area contributed by atoms with E-state index in [0.29, 0.717) is 35.8 Å². The molecule has 22 heavy (non-hydrogen) atoms. The molecule has 1 saturated carbocycles. The van der Waals surface area contributed by atoms with Gasteiger partial charge >= 0.3 is 0 Å². The van der Waals surface area contributed by atoms with E-state index in [1.54, 1.807) is 18.2 Å². The molecule has 2 heterocycles. The molecular formula is C17H18ClNO3. The van der Waals surface area contributed by atoms with Crippen LogP contribution in [0, 0.1) is 5.92 Å². The third-order valence-corrected chi connectivity index (χ3v) is 5.20. The van der Waals surface area contributed by atoms with Crippen molar-refractivity contribution >= 4 is 23.3 Å². The van der Waals surface area contributed by atoms with Crippen molar-refractivity contribution in [2.45, 2.75) is 37.7 Å². The number of piperidine rings is 1. The van der Waals surface area contributed by atoms with Gasteiger partial charge in [0.25, 0.3) is 0 Å². The summed E-state index contributed by atoms with van der Waals surface area (Å²) in [6, 6.07) is 5.20. The van der Waals surface area contributed by atoms with Crippen molar-refractivity contribution in [2.24, 2.45) is 5.92 Å². The molecule has 1 saturated heterocycles. The molecule has 0 aromatic heterocycles. The number of rotatable bonds is 1. The smallest absolute Gasteiger partial charge is 0.225 e. The van der Waals surface area contributed by atoms with Gasteiger partial charge in [-0.25, -0.2) is 0 Å². The van der Waals surface area contributed by atoms with Crippen molar-refractivity contribution < 1.29 is 14.3 Å². The Labute approximate surface area is 134 Å². The second kappa shape index (κ2) is 4.98. The van der Waals surface area contributed by atoms with Crippen LogP contribution in [-0.2, 0) is 4.79 Å². The van der Waals surface area contributed by atoms with Crippen molar-refractivity contribution in [3.8, 4) is 5.75 Å². The molecule has 2 aliphatic heterocycles. The number of benzene rings is 1. The standard InChI is InChI=1S/C17H18ClNO3/c18-12-3-4-15-13(9-12)14(20)10-17(22-15)5-7-19(8-6-17)16(21)11-1-2-11/h3-4,9,11H,1-2,5-8,10H2. The Balaban J connectivity index is 1.51. The highest BCUT2D eigenvalue weighted by Crippen LogP contribution is 2.41. The number of carbonyl (C=O) groups excluding carboxylic acids is 2. The Morgan fingerprint density at radius 3 is 2.68 bits per heavy atom. The minimum Gasteiger partial charge on any atom is -0.486 e. The van der Waals surface area contributed by atoms with Crippen molar-refractivity contribution in [1.29, 1.82) is 0 Å². The average molecular weight is 320 g/mol. The lowest BCUT2D eigenvalue weighted by Gasteiger charge is -2.44. The Morgan fingerprint density at radius 1 is 1.27 bits per heavy atom. The Morgan fingerprint density at radius 2 is 2.00 bits per heavy atom. The van der Waals surface area contributed by atoms with E-state index in [4.69, 9.17) is 16.3 Å². The quantitative estimate of drug-likeness (QED) is 0.799. The van der Waals surface area contributed by atoms with E-state index in [-0.39, 0.29) is 17.6 Å². The molecule has 2 fully saturated rings. The van der Waals surface area contributed by atoms with Crippen LogP contribution >= 0.6 is 11.6 Å². The van der Waals surface area contributed by atoms with Crippen LogP contribution in [0.1, 0.15) is 42.5 Å². The van der Waals surface area contributed by atoms with E-state index in [9.17, 15) is 9.59 Å². The van der Waals surface area contributed by atoms with Gasteiger partial charge in [-0.1, -0.05) is 11.6 Å². The average Bonchev–Trinajstić information content (AvgIpc) is 3.33. The molecule has 0 N–H and O–H groups in total. The summed E-state index contributed by atoms with van der Waals surface area (Å²) in [5, 5.41) is 0.552. The Kier molecular flexibility index (Phi) is 3.19. The van der Waals surface area contributed by atoms with Crippen molar-refractivity contribution in [1.82, 2.24) is 4.90 Å². The molecule has 1 aromatic carbocycles. The lowest BCUT2D eigenvalue weighted by atomic mass is 9.82. The van der Waals surface area contributed by atoms with Crippen molar-refractivity contribution in [2.75, 3.05) is 13.1 Å². The zero-order valence-corrected chi connectivity index (χ0v) is 13.1. The van der Waals surface area contributed by atoms with Gasteiger partial charge in [-0.3, -0.25) is 9.59 Å². The van der Waals surface area contributed by atoms with Gasteiger partial charge in [0.05, 0.1) is 12.0 Å². The SMILES string of the molecule is O=C1CC2(CCN(C(=O)C3CC3)CC2)Oc2ccc(Cl)cc21. The molecule has 0 atom stereocenters. The highest BCUT2D eigenvalue weighted by molar-refractivity contribution is 6.31. The molecule has 1 amide bonds. The summed E-state index contributed by atoms with van der Waals surface area (Å²) in [4.78, 5) is 26.5. The van der Waals surface area contributed by atoms with Crippen LogP contribution in [0.5, 0.6) is 5.75 Å². The normalized spacial score (nSPS) is 23.1. The first-order chi connectivity index (χ1) is 10.6. The maximum absolute atomic E-state index is 12.4. The number of nitrogens with zero attached hydrogens (tertiary/aromatic N) is 1. The summed E-state index contributed by atoms with van der Waals surface area (Å²) in [7, 11) is 0. The lowest BCUT2D eigenvalue weighted by molar-refractivity contribution is -0.136. The first kappa shape index (κ1) is 14.1. The molecule has 5 heteroatoms. The van der Waals surface area contributed by atoms with Crippen LogP contribution in [0.3, 0.4) is 0 Å². The number of halogens is 1. The summed E-state index contributed by atoms with van der Waals surface area (Å²) >= 11 is 5.96. The lowest BCUT2D eigenvalue weighted by Crippen LogP contribution is -2.52. The Hall–Kier alpha value is -1.55. The van der Waals surface area contributed by atoms with Crippen LogP contribution < -0.4 is 4.74 Å². The predicted octanol–water partition coefficient (Wildman–Crippen LogP) is 3.08. The number of amides is 1. The largest absolute Gasteiger partial charge is 0.486 e. The zero-order valence-electron chi connectivity index (χ0n) is 12.3. The molecule has 1 spiro atoms. The summed E-state index contributed by atoms with van der Waals surface area (Å²) in [6.45, 7) is 1.37. The summed E-state index contributed by atoms with van der Waals surface area (Å²) < 4.78 is 6.17. The number of Topliss-reactive ketones (excluding diaryl/α,β-unsaturated/α-hetero) is 1. The number of carbonyl (C=O) groups is 2. The van der Waals surface area contributed by atoms with Crippen LogP contribution in [0.25, 0.3) is 0 Å². The third-order valence-electron chi connectivity index (χ3n) is 4.96. The highest BCUT2D eigenvalue weighted by Gasteiger charge is 2.45. The second-order valence-electron chi connectivity index (χ2n) is 6.63. The van der Waals surface area contributed by atoms with E-state index in [1.807, 2.05) is 4.90 Å². The highest BCUT2D eigenvalue weighted by atomic mass is 35.5. The van der Waals surface area contributed by atoms with Gasteiger partial charge < -0.3 is 9.64 Å². The van der Waals surface area contributed by atoms with Gasteiger partial charge in [0.1, 0.15) is 11.4 Å². The minimum atomic E-state index is -0.446. The first-order valence-electron chi connectivity index (χ1n) is 7.87. The molecule has 1 aromatic rings. The third kappa shape index (κ3) is 2.39. The van der Waals surface area contributed by atoms with Gasteiger partial charge in [0, 0.05) is 36.9 Å². The van der Waals surface area contributed by atoms with Crippen molar-refractivity contribution in [3.05, 3.63) is 28.8 Å². The minimum absolute atomic E-state index is 0.0886. The molecular weight excluding hydrogens is 302 g/mol. The zero-order chi connectivity index (χ0) is 15.3. The topological polar surface area (TPSA) is 46.6 Å². The predicted molar refractivity (Wildman–Crippen MR) is 82.3 cm³/mol. The van der Waals surface area contributed by atoms with E-state index >= 15 is 0 Å². The van der Waals surface area contributed by atoms with Gasteiger partial charge in [-0.15, -0.1) is 0 Å². The summed E-state index contributed by atoms with van der Waals surface area (Å²) in [6.07, 6.45) is 3.89. The summed E-state index contributed by atoms with van der Waals surface area (Å²) in [5.41, 5.74) is 0.132. The molecule has 0 bridgehead atoms. The van der Waals surface area contributed by atoms with Crippen LogP contribution in [-0.4, -0.2) is 35.3 Å². The van der Waals surface area contributed by atoms with Crippen LogP contribution in [0.4, 0.5) is 0 Å². The monoisotopic (exact) mass is 319 g/mol. The fraction of sp³-hybridized carbons (Fsp3) is 0.529. The maximum atomic E-state index is 12.4. The van der Waals surface area contributed by atoms with Crippen molar-refractivity contribution in [3.63, 3.8) is 0 Å². The van der Waals surface area contributed by atoms with Gasteiger partial charge in [0.2, 0.25) is 5.91 Å². The van der Waals surface area contributed by atoms with Crippen LogP contribution in [0.2, 0.25) is 5.02 Å². The fourth-order valence-corrected chi connectivity index (χ4v) is 3.64. The molecule has 4 rings (SSSR count). The number of hydrogen-bond acceptors (Lipinski definition) is 3.